The molecule has 0 aliphatic carbocycles. The van der Waals surface area contributed by atoms with Crippen LogP contribution in [0.15, 0.2) is 60.3 Å². The van der Waals surface area contributed by atoms with Crippen LogP contribution >= 0.6 is 34.4 Å². The number of carbonyl (C=O) groups is 1. The lowest BCUT2D eigenvalue weighted by Crippen LogP contribution is -2.16. The van der Waals surface area contributed by atoms with Gasteiger partial charge in [0.2, 0.25) is 5.91 Å². The van der Waals surface area contributed by atoms with Crippen molar-refractivity contribution < 1.29 is 13.6 Å². The molecule has 3 aromatic rings. The number of benzene rings is 2. The number of halogens is 3. The van der Waals surface area contributed by atoms with Gasteiger partial charge in [-0.2, -0.15) is 0 Å². The Morgan fingerprint density at radius 3 is 2.67 bits per heavy atom. The number of rotatable bonds is 9. The predicted octanol–water partition coefficient (Wildman–Crippen LogP) is 4.69. The van der Waals surface area contributed by atoms with Gasteiger partial charge < -0.3 is 15.2 Å². The van der Waals surface area contributed by atoms with Gasteiger partial charge in [0, 0.05) is 21.9 Å². The summed E-state index contributed by atoms with van der Waals surface area (Å²) in [6.45, 7) is 4.69. The fourth-order valence-electron chi connectivity index (χ4n) is 2.53. The van der Waals surface area contributed by atoms with Gasteiger partial charge in [-0.15, -0.1) is 16.8 Å². The molecule has 10 heteroatoms. The SMILES string of the molecule is C=CCn1c(CNc2ccc(I)cc2)nnc1SCC(=O)Nc1ccc(F)cc1F. The van der Waals surface area contributed by atoms with Crippen molar-refractivity contribution in [2.75, 3.05) is 16.4 Å². The van der Waals surface area contributed by atoms with Crippen LogP contribution in [0.4, 0.5) is 20.2 Å². The molecule has 0 aliphatic rings. The van der Waals surface area contributed by atoms with Crippen molar-refractivity contribution >= 4 is 51.6 Å². The van der Waals surface area contributed by atoms with Gasteiger partial charge >= 0.3 is 0 Å². The molecule has 2 N–H and O–H groups in total. The maximum atomic E-state index is 13.7. The van der Waals surface area contributed by atoms with Crippen molar-refractivity contribution in [2.45, 2.75) is 18.2 Å². The molecule has 1 aromatic heterocycles. The lowest BCUT2D eigenvalue weighted by atomic mass is 10.3. The first kappa shape index (κ1) is 22.2. The number of amides is 1. The third kappa shape index (κ3) is 6.02. The number of anilines is 2. The molecule has 0 aliphatic heterocycles. The van der Waals surface area contributed by atoms with E-state index in [1.54, 1.807) is 6.08 Å². The van der Waals surface area contributed by atoms with E-state index in [2.05, 4.69) is 50.0 Å². The Balaban J connectivity index is 1.61. The van der Waals surface area contributed by atoms with E-state index in [-0.39, 0.29) is 11.4 Å². The van der Waals surface area contributed by atoms with Crippen molar-refractivity contribution in [2.24, 2.45) is 0 Å². The Kier molecular flexibility index (Phi) is 7.80. The van der Waals surface area contributed by atoms with Crippen LogP contribution in [0.25, 0.3) is 0 Å². The van der Waals surface area contributed by atoms with E-state index in [9.17, 15) is 13.6 Å². The van der Waals surface area contributed by atoms with Crippen LogP contribution in [-0.4, -0.2) is 26.4 Å². The highest BCUT2D eigenvalue weighted by molar-refractivity contribution is 14.1. The number of nitrogens with zero attached hydrogens (tertiary/aromatic N) is 3. The second-order valence-electron chi connectivity index (χ2n) is 6.12. The molecule has 1 amide bonds. The monoisotopic (exact) mass is 541 g/mol. The van der Waals surface area contributed by atoms with Crippen molar-refractivity contribution in [3.63, 3.8) is 0 Å². The molecule has 6 nitrogen and oxygen atoms in total. The highest BCUT2D eigenvalue weighted by Gasteiger charge is 2.14. The van der Waals surface area contributed by atoms with E-state index in [0.29, 0.717) is 24.1 Å². The summed E-state index contributed by atoms with van der Waals surface area (Å²) >= 11 is 3.41. The first-order valence-electron chi connectivity index (χ1n) is 8.86. The van der Waals surface area contributed by atoms with Crippen LogP contribution in [0.3, 0.4) is 0 Å². The Hall–Kier alpha value is -2.47. The third-order valence-electron chi connectivity index (χ3n) is 3.94. The summed E-state index contributed by atoms with van der Waals surface area (Å²) in [6.07, 6.45) is 1.72. The molecule has 156 valence electrons. The molecular formula is C20H18F2IN5OS. The topological polar surface area (TPSA) is 71.8 Å². The molecule has 0 saturated heterocycles. The van der Waals surface area contributed by atoms with Crippen LogP contribution in [0, 0.1) is 15.2 Å². The first-order chi connectivity index (χ1) is 14.5. The maximum Gasteiger partial charge on any atom is 0.234 e. The van der Waals surface area contributed by atoms with E-state index >= 15 is 0 Å². The molecular weight excluding hydrogens is 523 g/mol. The van der Waals surface area contributed by atoms with Gasteiger partial charge in [0.25, 0.3) is 0 Å². The zero-order valence-corrected chi connectivity index (χ0v) is 18.7. The number of allylic oxidation sites excluding steroid dienone is 1. The zero-order valence-electron chi connectivity index (χ0n) is 15.7. The minimum Gasteiger partial charge on any atom is -0.378 e. The number of aromatic nitrogens is 3. The lowest BCUT2D eigenvalue weighted by molar-refractivity contribution is -0.113. The fourth-order valence-corrected chi connectivity index (χ4v) is 3.65. The quantitative estimate of drug-likeness (QED) is 0.234. The summed E-state index contributed by atoms with van der Waals surface area (Å²) in [5, 5.41) is 14.6. The van der Waals surface area contributed by atoms with Gasteiger partial charge in [-0.25, -0.2) is 8.78 Å². The minimum absolute atomic E-state index is 0.00333. The molecule has 2 aromatic carbocycles. The highest BCUT2D eigenvalue weighted by Crippen LogP contribution is 2.20. The molecule has 0 fully saturated rings. The highest BCUT2D eigenvalue weighted by atomic mass is 127. The van der Waals surface area contributed by atoms with Crippen LogP contribution in [0.5, 0.6) is 0 Å². The summed E-state index contributed by atoms with van der Waals surface area (Å²) in [5.41, 5.74) is 0.885. The van der Waals surface area contributed by atoms with Gasteiger partial charge in [0.1, 0.15) is 11.6 Å². The number of hydrogen-bond donors (Lipinski definition) is 2. The molecule has 0 bridgehead atoms. The summed E-state index contributed by atoms with van der Waals surface area (Å²) < 4.78 is 29.7. The van der Waals surface area contributed by atoms with Crippen molar-refractivity contribution in [3.8, 4) is 0 Å². The molecule has 0 spiro atoms. The van der Waals surface area contributed by atoms with Crippen LogP contribution in [0.1, 0.15) is 5.82 Å². The van der Waals surface area contributed by atoms with Gasteiger partial charge in [-0.1, -0.05) is 17.8 Å². The fraction of sp³-hybridized carbons (Fsp3) is 0.150. The molecule has 0 saturated carbocycles. The van der Waals surface area contributed by atoms with Crippen LogP contribution < -0.4 is 10.6 Å². The number of carbonyl (C=O) groups excluding carboxylic acids is 1. The molecule has 30 heavy (non-hydrogen) atoms. The summed E-state index contributed by atoms with van der Waals surface area (Å²) in [4.78, 5) is 12.2. The average Bonchev–Trinajstić information content (AvgIpc) is 3.10. The van der Waals surface area contributed by atoms with E-state index in [1.807, 2.05) is 28.8 Å². The normalized spacial score (nSPS) is 10.6. The Morgan fingerprint density at radius 2 is 1.97 bits per heavy atom. The predicted molar refractivity (Wildman–Crippen MR) is 122 cm³/mol. The van der Waals surface area contributed by atoms with E-state index < -0.39 is 17.5 Å². The second-order valence-corrected chi connectivity index (χ2v) is 8.31. The number of nitrogens with one attached hydrogen (secondary N) is 2. The Bertz CT molecular complexity index is 1040. The van der Waals surface area contributed by atoms with Crippen molar-refractivity contribution in [3.05, 3.63) is 76.1 Å². The average molecular weight is 541 g/mol. The smallest absolute Gasteiger partial charge is 0.234 e. The maximum absolute atomic E-state index is 13.7. The van der Waals surface area contributed by atoms with Gasteiger partial charge in [-0.3, -0.25) is 4.79 Å². The molecule has 1 heterocycles. The van der Waals surface area contributed by atoms with Crippen LogP contribution in [0.2, 0.25) is 0 Å². The lowest BCUT2D eigenvalue weighted by Gasteiger charge is -2.10. The second kappa shape index (κ2) is 10.5. The standard InChI is InChI=1S/C20H18F2IN5OS/c1-2-9-28-18(11-24-15-6-4-14(23)5-7-15)26-27-20(28)30-12-19(29)25-17-8-3-13(21)10-16(17)22/h2-8,10,24H,1,9,11-12H2,(H,25,29). The summed E-state index contributed by atoms with van der Waals surface area (Å²) in [7, 11) is 0. The van der Waals surface area contributed by atoms with Crippen molar-refractivity contribution in [1.82, 2.24) is 14.8 Å². The van der Waals surface area contributed by atoms with Gasteiger partial charge in [-0.05, 0) is 59.0 Å². The third-order valence-corrected chi connectivity index (χ3v) is 5.62. The Labute approximate surface area is 190 Å². The Morgan fingerprint density at radius 1 is 1.20 bits per heavy atom. The summed E-state index contributed by atoms with van der Waals surface area (Å²) in [6, 6.07) is 10.9. The van der Waals surface area contributed by atoms with Gasteiger partial charge in [0.05, 0.1) is 18.0 Å². The van der Waals surface area contributed by atoms with E-state index in [1.165, 1.54) is 17.8 Å². The summed E-state index contributed by atoms with van der Waals surface area (Å²) in [5.74, 6) is -1.27. The largest absolute Gasteiger partial charge is 0.378 e. The molecule has 0 atom stereocenters. The van der Waals surface area contributed by atoms with E-state index in [0.717, 1.165) is 21.4 Å². The molecule has 3 rings (SSSR count). The first-order valence-corrected chi connectivity index (χ1v) is 10.9. The van der Waals surface area contributed by atoms with Gasteiger partial charge in [0.15, 0.2) is 11.0 Å². The molecule has 0 unspecified atom stereocenters. The van der Waals surface area contributed by atoms with Crippen molar-refractivity contribution in [1.29, 1.82) is 0 Å². The van der Waals surface area contributed by atoms with E-state index in [4.69, 9.17) is 0 Å². The van der Waals surface area contributed by atoms with Crippen LogP contribution in [-0.2, 0) is 17.9 Å². The zero-order chi connectivity index (χ0) is 21.5. The number of hydrogen-bond acceptors (Lipinski definition) is 5. The minimum atomic E-state index is -0.827. The molecule has 0 radical (unpaired) electrons. The number of thioether (sulfide) groups is 1.